The summed E-state index contributed by atoms with van der Waals surface area (Å²) in [5.74, 6) is -1.28. The average Bonchev–Trinajstić information content (AvgIpc) is 2.84. The Labute approximate surface area is 118 Å². The van der Waals surface area contributed by atoms with Gasteiger partial charge in [-0.15, -0.1) is 5.10 Å². The highest BCUT2D eigenvalue weighted by Crippen LogP contribution is 2.03. The highest BCUT2D eigenvalue weighted by molar-refractivity contribution is 5.87. The van der Waals surface area contributed by atoms with Gasteiger partial charge in [-0.3, -0.25) is 10.1 Å². The minimum absolute atomic E-state index is 0.132. The zero-order valence-corrected chi connectivity index (χ0v) is 10.8. The second-order valence-corrected chi connectivity index (χ2v) is 4.13. The molecule has 21 heavy (non-hydrogen) atoms. The number of carbonyl (C=O) groups is 2. The van der Waals surface area contributed by atoms with E-state index in [0.29, 0.717) is 0 Å². The van der Waals surface area contributed by atoms with Crippen LogP contribution in [-0.2, 0) is 17.9 Å². The minimum atomic E-state index is -1.06. The predicted molar refractivity (Wildman–Crippen MR) is 69.9 cm³/mol. The summed E-state index contributed by atoms with van der Waals surface area (Å²) in [6, 6.07) is 5.18. The Bertz CT molecular complexity index is 641. The van der Waals surface area contributed by atoms with Gasteiger partial charge in [-0.25, -0.2) is 13.9 Å². The van der Waals surface area contributed by atoms with Gasteiger partial charge < -0.3 is 10.4 Å². The van der Waals surface area contributed by atoms with E-state index in [9.17, 15) is 14.0 Å². The van der Waals surface area contributed by atoms with Crippen molar-refractivity contribution in [3.8, 4) is 0 Å². The molecule has 0 aliphatic carbocycles. The van der Waals surface area contributed by atoms with Crippen LogP contribution in [0.4, 0.5) is 15.0 Å². The largest absolute Gasteiger partial charge is 0.480 e. The van der Waals surface area contributed by atoms with E-state index < -0.39 is 12.0 Å². The first-order valence-electron chi connectivity index (χ1n) is 5.94. The molecule has 0 saturated heterocycles. The zero-order chi connectivity index (χ0) is 15.2. The number of aliphatic carboxylic acids is 1. The minimum Gasteiger partial charge on any atom is -0.480 e. The molecule has 1 aromatic heterocycles. The second kappa shape index (κ2) is 6.46. The van der Waals surface area contributed by atoms with Crippen molar-refractivity contribution in [2.45, 2.75) is 13.1 Å². The Balaban J connectivity index is 1.82. The maximum atomic E-state index is 12.7. The molecule has 0 fully saturated rings. The first kappa shape index (κ1) is 14.4. The molecule has 0 saturated carbocycles. The number of nitrogens with zero attached hydrogens (tertiary/aromatic N) is 3. The molecular weight excluding hydrogens is 281 g/mol. The summed E-state index contributed by atoms with van der Waals surface area (Å²) in [6.45, 7) is -0.124. The van der Waals surface area contributed by atoms with Gasteiger partial charge in [-0.05, 0) is 17.7 Å². The molecular formula is C12H12FN5O3. The summed E-state index contributed by atoms with van der Waals surface area (Å²) in [4.78, 5) is 22.1. The first-order valence-corrected chi connectivity index (χ1v) is 5.94. The number of anilines is 1. The zero-order valence-electron chi connectivity index (χ0n) is 10.8. The molecule has 2 amide bonds. The fraction of sp³-hybridized carbons (Fsp3) is 0.167. The molecule has 0 radical (unpaired) electrons. The fourth-order valence-electron chi connectivity index (χ4n) is 1.52. The molecule has 0 aliphatic rings. The Morgan fingerprint density at radius 3 is 2.67 bits per heavy atom. The first-order chi connectivity index (χ1) is 10.0. The van der Waals surface area contributed by atoms with E-state index in [1.165, 1.54) is 18.3 Å². The summed E-state index contributed by atoms with van der Waals surface area (Å²) < 4.78 is 13.8. The van der Waals surface area contributed by atoms with Crippen molar-refractivity contribution in [2.75, 3.05) is 5.32 Å². The number of rotatable bonds is 5. The summed E-state index contributed by atoms with van der Waals surface area (Å²) in [5, 5.41) is 20.7. The number of nitrogens with one attached hydrogen (secondary N) is 2. The summed E-state index contributed by atoms with van der Waals surface area (Å²) in [5.41, 5.74) is 0.737. The molecule has 0 atom stereocenters. The molecule has 1 aromatic carbocycles. The van der Waals surface area contributed by atoms with Crippen molar-refractivity contribution < 1.29 is 19.1 Å². The van der Waals surface area contributed by atoms with Crippen LogP contribution in [0, 0.1) is 5.82 Å². The third-order valence-corrected chi connectivity index (χ3v) is 2.44. The summed E-state index contributed by atoms with van der Waals surface area (Å²) >= 11 is 0. The van der Waals surface area contributed by atoms with Crippen LogP contribution in [0.5, 0.6) is 0 Å². The lowest BCUT2D eigenvalue weighted by molar-refractivity contribution is -0.137. The number of aromatic nitrogens is 3. The smallest absolute Gasteiger partial charge is 0.325 e. The predicted octanol–water partition coefficient (Wildman–Crippen LogP) is 0.824. The van der Waals surface area contributed by atoms with E-state index in [1.807, 2.05) is 0 Å². The number of amides is 2. The van der Waals surface area contributed by atoms with Gasteiger partial charge in [0.15, 0.2) is 5.82 Å². The van der Waals surface area contributed by atoms with Crippen molar-refractivity contribution in [3.63, 3.8) is 0 Å². The van der Waals surface area contributed by atoms with E-state index in [-0.39, 0.29) is 24.7 Å². The Hall–Kier alpha value is -2.97. The third kappa shape index (κ3) is 4.56. The number of carboxylic acid groups (broad SMARTS) is 1. The number of carboxylic acids is 1. The Morgan fingerprint density at radius 1 is 1.29 bits per heavy atom. The standard InChI is InChI=1S/C12H12FN5O3/c13-9-3-1-8(2-4-9)5-14-12(21)15-10-6-18(17-16-10)7-11(19)20/h1-4,6H,5,7H2,(H,19,20)(H2,14,15,21). The second-order valence-electron chi connectivity index (χ2n) is 4.13. The lowest BCUT2D eigenvalue weighted by atomic mass is 10.2. The topological polar surface area (TPSA) is 109 Å². The number of carbonyl (C=O) groups excluding carboxylic acids is 1. The van der Waals surface area contributed by atoms with E-state index >= 15 is 0 Å². The number of halogens is 1. The van der Waals surface area contributed by atoms with Crippen LogP contribution in [0.2, 0.25) is 0 Å². The van der Waals surface area contributed by atoms with Crippen molar-refractivity contribution in [1.29, 1.82) is 0 Å². The molecule has 2 rings (SSSR count). The van der Waals surface area contributed by atoms with Gasteiger partial charge in [0.05, 0.1) is 6.20 Å². The SMILES string of the molecule is O=C(O)Cn1cc(NC(=O)NCc2ccc(F)cc2)nn1. The molecule has 0 bridgehead atoms. The van der Waals surface area contributed by atoms with Crippen molar-refractivity contribution in [1.82, 2.24) is 20.3 Å². The Morgan fingerprint density at radius 2 is 2.00 bits per heavy atom. The van der Waals surface area contributed by atoms with Crippen LogP contribution in [-0.4, -0.2) is 32.1 Å². The van der Waals surface area contributed by atoms with Gasteiger partial charge >= 0.3 is 12.0 Å². The van der Waals surface area contributed by atoms with E-state index in [1.54, 1.807) is 12.1 Å². The fourth-order valence-corrected chi connectivity index (χ4v) is 1.52. The van der Waals surface area contributed by atoms with Crippen LogP contribution in [0.3, 0.4) is 0 Å². The number of benzene rings is 1. The third-order valence-electron chi connectivity index (χ3n) is 2.44. The normalized spacial score (nSPS) is 10.1. The van der Waals surface area contributed by atoms with Crippen LogP contribution >= 0.6 is 0 Å². The van der Waals surface area contributed by atoms with Crippen LogP contribution < -0.4 is 10.6 Å². The molecule has 1 heterocycles. The molecule has 0 unspecified atom stereocenters. The van der Waals surface area contributed by atoms with E-state index in [0.717, 1.165) is 10.2 Å². The van der Waals surface area contributed by atoms with Crippen LogP contribution in [0.25, 0.3) is 0 Å². The summed E-state index contributed by atoms with van der Waals surface area (Å²) in [6.07, 6.45) is 1.30. The Kier molecular flexibility index (Phi) is 4.44. The molecule has 0 spiro atoms. The number of urea groups is 1. The lowest BCUT2D eigenvalue weighted by Crippen LogP contribution is -2.28. The maximum absolute atomic E-state index is 12.7. The van der Waals surface area contributed by atoms with Crippen molar-refractivity contribution in [3.05, 3.63) is 41.8 Å². The van der Waals surface area contributed by atoms with Crippen molar-refractivity contribution >= 4 is 17.8 Å². The number of hydrogen-bond acceptors (Lipinski definition) is 4. The molecule has 0 aliphatic heterocycles. The van der Waals surface area contributed by atoms with Gasteiger partial charge in [0.25, 0.3) is 0 Å². The molecule has 110 valence electrons. The van der Waals surface area contributed by atoms with Crippen LogP contribution in [0.15, 0.2) is 30.5 Å². The molecule has 3 N–H and O–H groups in total. The van der Waals surface area contributed by atoms with Gasteiger partial charge in [-0.2, -0.15) is 0 Å². The van der Waals surface area contributed by atoms with Gasteiger partial charge in [-0.1, -0.05) is 17.3 Å². The van der Waals surface area contributed by atoms with Crippen molar-refractivity contribution in [2.24, 2.45) is 0 Å². The quantitative estimate of drug-likeness (QED) is 0.756. The molecule has 2 aromatic rings. The average molecular weight is 293 g/mol. The maximum Gasteiger partial charge on any atom is 0.325 e. The molecule has 8 nitrogen and oxygen atoms in total. The lowest BCUT2D eigenvalue weighted by Gasteiger charge is -2.05. The highest BCUT2D eigenvalue weighted by Gasteiger charge is 2.07. The highest BCUT2D eigenvalue weighted by atomic mass is 19.1. The number of hydrogen-bond donors (Lipinski definition) is 3. The van der Waals surface area contributed by atoms with Gasteiger partial charge in [0.2, 0.25) is 0 Å². The van der Waals surface area contributed by atoms with Crippen LogP contribution in [0.1, 0.15) is 5.56 Å². The molecule has 9 heteroatoms. The van der Waals surface area contributed by atoms with Gasteiger partial charge in [0.1, 0.15) is 12.4 Å². The monoisotopic (exact) mass is 293 g/mol. The van der Waals surface area contributed by atoms with E-state index in [2.05, 4.69) is 20.9 Å². The van der Waals surface area contributed by atoms with E-state index in [4.69, 9.17) is 5.11 Å². The van der Waals surface area contributed by atoms with Gasteiger partial charge in [0, 0.05) is 6.54 Å². The summed E-state index contributed by atoms with van der Waals surface area (Å²) in [7, 11) is 0.